The zero-order valence-electron chi connectivity index (χ0n) is 16.6. The van der Waals surface area contributed by atoms with Crippen molar-refractivity contribution in [1.82, 2.24) is 15.5 Å². The number of nitrogens with zero attached hydrogens (tertiary/aromatic N) is 1. The zero-order chi connectivity index (χ0) is 20.4. The molecule has 8 nitrogen and oxygen atoms in total. The Kier molecular flexibility index (Phi) is 8.58. The minimum atomic E-state index is -0.359. The molecule has 1 aromatic rings. The van der Waals surface area contributed by atoms with Crippen LogP contribution in [0.3, 0.4) is 0 Å². The van der Waals surface area contributed by atoms with Crippen molar-refractivity contribution in [3.8, 4) is 11.5 Å². The second-order valence-electron chi connectivity index (χ2n) is 6.40. The quantitative estimate of drug-likeness (QED) is 0.555. The largest absolute Gasteiger partial charge is 0.490 e. The average molecular weight is 391 g/mol. The fourth-order valence-electron chi connectivity index (χ4n) is 2.96. The lowest BCUT2D eigenvalue weighted by Gasteiger charge is -2.15. The molecule has 0 radical (unpaired) electrons. The summed E-state index contributed by atoms with van der Waals surface area (Å²) in [7, 11) is 0. The number of rotatable bonds is 11. The number of ether oxygens (including phenoxy) is 2. The van der Waals surface area contributed by atoms with Crippen molar-refractivity contribution >= 4 is 17.7 Å². The van der Waals surface area contributed by atoms with Crippen LogP contribution in [0.2, 0.25) is 0 Å². The fourth-order valence-corrected chi connectivity index (χ4v) is 2.96. The fraction of sp³-hybridized carbons (Fsp3) is 0.550. The summed E-state index contributed by atoms with van der Waals surface area (Å²) in [4.78, 5) is 37.5. The molecule has 1 aliphatic heterocycles. The summed E-state index contributed by atoms with van der Waals surface area (Å²) in [6.07, 6.45) is 2.23. The maximum atomic E-state index is 12.3. The maximum Gasteiger partial charge on any atom is 0.251 e. The summed E-state index contributed by atoms with van der Waals surface area (Å²) in [5.41, 5.74) is 0.396. The molecular formula is C20H29N3O5. The Morgan fingerprint density at radius 2 is 1.86 bits per heavy atom. The number of carbonyl (C=O) groups excluding carboxylic acids is 3. The Labute approximate surface area is 165 Å². The van der Waals surface area contributed by atoms with Gasteiger partial charge in [-0.25, -0.2) is 0 Å². The van der Waals surface area contributed by atoms with Crippen LogP contribution in [0.4, 0.5) is 0 Å². The van der Waals surface area contributed by atoms with Gasteiger partial charge in [-0.05, 0) is 44.9 Å². The van der Waals surface area contributed by atoms with E-state index in [-0.39, 0.29) is 24.3 Å². The van der Waals surface area contributed by atoms with E-state index in [0.29, 0.717) is 56.2 Å². The highest BCUT2D eigenvalue weighted by atomic mass is 16.5. The molecule has 8 heteroatoms. The molecule has 0 spiro atoms. The maximum absolute atomic E-state index is 12.3. The second-order valence-corrected chi connectivity index (χ2v) is 6.40. The third kappa shape index (κ3) is 6.44. The molecule has 2 rings (SSSR count). The highest BCUT2D eigenvalue weighted by Crippen LogP contribution is 2.28. The van der Waals surface area contributed by atoms with E-state index in [2.05, 4.69) is 10.6 Å². The Hall–Kier alpha value is -2.77. The summed E-state index contributed by atoms with van der Waals surface area (Å²) in [6.45, 7) is 6.49. The molecule has 0 aliphatic carbocycles. The van der Waals surface area contributed by atoms with Crippen LogP contribution >= 0.6 is 0 Å². The molecule has 0 unspecified atom stereocenters. The van der Waals surface area contributed by atoms with Gasteiger partial charge in [0.05, 0.1) is 19.8 Å². The molecule has 1 heterocycles. The number of nitrogens with one attached hydrogen (secondary N) is 2. The smallest absolute Gasteiger partial charge is 0.251 e. The molecule has 0 atom stereocenters. The summed E-state index contributed by atoms with van der Waals surface area (Å²) in [5, 5.41) is 5.35. The Morgan fingerprint density at radius 3 is 2.54 bits per heavy atom. The Bertz CT molecular complexity index is 692. The minimum Gasteiger partial charge on any atom is -0.490 e. The van der Waals surface area contributed by atoms with Gasteiger partial charge in [-0.2, -0.15) is 0 Å². The molecule has 3 amide bonds. The summed E-state index contributed by atoms with van der Waals surface area (Å²) in [5.74, 6) is 0.632. The predicted molar refractivity (Wildman–Crippen MR) is 105 cm³/mol. The number of hydrogen-bond donors (Lipinski definition) is 2. The molecule has 154 valence electrons. The molecule has 0 bridgehead atoms. The predicted octanol–water partition coefficient (Wildman–Crippen LogP) is 1.34. The van der Waals surface area contributed by atoms with Crippen LogP contribution in [-0.4, -0.2) is 62.0 Å². The number of amides is 3. The third-order valence-electron chi connectivity index (χ3n) is 4.31. The normalized spacial score (nSPS) is 13.4. The Balaban J connectivity index is 1.74. The van der Waals surface area contributed by atoms with Crippen molar-refractivity contribution in [3.05, 3.63) is 23.8 Å². The topological polar surface area (TPSA) is 97.0 Å². The molecule has 1 saturated heterocycles. The van der Waals surface area contributed by atoms with Crippen molar-refractivity contribution in [1.29, 1.82) is 0 Å². The van der Waals surface area contributed by atoms with E-state index >= 15 is 0 Å². The van der Waals surface area contributed by atoms with Gasteiger partial charge in [0.2, 0.25) is 11.8 Å². The van der Waals surface area contributed by atoms with E-state index in [1.165, 1.54) is 0 Å². The minimum absolute atomic E-state index is 0.112. The zero-order valence-corrected chi connectivity index (χ0v) is 16.6. The van der Waals surface area contributed by atoms with Gasteiger partial charge in [-0.3, -0.25) is 14.4 Å². The molecule has 0 aromatic heterocycles. The van der Waals surface area contributed by atoms with Crippen molar-refractivity contribution < 1.29 is 23.9 Å². The lowest BCUT2D eigenvalue weighted by Crippen LogP contribution is -2.38. The molecule has 1 fully saturated rings. The van der Waals surface area contributed by atoms with Crippen molar-refractivity contribution in [2.24, 2.45) is 0 Å². The van der Waals surface area contributed by atoms with E-state index in [1.807, 2.05) is 18.7 Å². The molecule has 1 aliphatic rings. The SMILES string of the molecule is CCOc1ccc(C(=O)NCC(=O)NCCCN2CCCC2=O)cc1OCC. The monoisotopic (exact) mass is 391 g/mol. The summed E-state index contributed by atoms with van der Waals surface area (Å²) >= 11 is 0. The lowest BCUT2D eigenvalue weighted by atomic mass is 10.2. The van der Waals surface area contributed by atoms with Crippen LogP contribution in [-0.2, 0) is 9.59 Å². The third-order valence-corrected chi connectivity index (χ3v) is 4.31. The van der Waals surface area contributed by atoms with E-state index in [9.17, 15) is 14.4 Å². The molecule has 2 N–H and O–H groups in total. The van der Waals surface area contributed by atoms with Gasteiger partial charge in [0, 0.05) is 31.6 Å². The van der Waals surface area contributed by atoms with Crippen LogP contribution in [0.1, 0.15) is 43.5 Å². The molecule has 1 aromatic carbocycles. The second kappa shape index (κ2) is 11.2. The van der Waals surface area contributed by atoms with Crippen LogP contribution in [0, 0.1) is 0 Å². The van der Waals surface area contributed by atoms with Gasteiger partial charge in [-0.1, -0.05) is 0 Å². The summed E-state index contributed by atoms with van der Waals surface area (Å²) < 4.78 is 11.0. The van der Waals surface area contributed by atoms with Gasteiger partial charge >= 0.3 is 0 Å². The first kappa shape index (κ1) is 21.5. The summed E-state index contributed by atoms with van der Waals surface area (Å²) in [6, 6.07) is 4.92. The van der Waals surface area contributed by atoms with Gasteiger partial charge in [-0.15, -0.1) is 0 Å². The van der Waals surface area contributed by atoms with Crippen molar-refractivity contribution in [2.75, 3.05) is 39.4 Å². The van der Waals surface area contributed by atoms with E-state index in [1.54, 1.807) is 18.2 Å². The first-order chi connectivity index (χ1) is 13.5. The van der Waals surface area contributed by atoms with Crippen LogP contribution in [0.15, 0.2) is 18.2 Å². The van der Waals surface area contributed by atoms with Gasteiger partial charge in [0.15, 0.2) is 11.5 Å². The standard InChI is InChI=1S/C20H29N3O5/c1-3-27-16-9-8-15(13-17(16)28-4-2)20(26)22-14-18(24)21-10-6-12-23-11-5-7-19(23)25/h8-9,13H,3-7,10-12,14H2,1-2H3,(H,21,24)(H,22,26). The molecular weight excluding hydrogens is 362 g/mol. The molecule has 0 saturated carbocycles. The Morgan fingerprint density at radius 1 is 1.11 bits per heavy atom. The first-order valence-electron chi connectivity index (χ1n) is 9.77. The average Bonchev–Trinajstić information content (AvgIpc) is 3.10. The van der Waals surface area contributed by atoms with E-state index in [0.717, 1.165) is 13.0 Å². The van der Waals surface area contributed by atoms with Gasteiger partial charge in [0.25, 0.3) is 5.91 Å². The highest BCUT2D eigenvalue weighted by Gasteiger charge is 2.19. The van der Waals surface area contributed by atoms with Gasteiger partial charge in [0.1, 0.15) is 0 Å². The number of benzene rings is 1. The van der Waals surface area contributed by atoms with Crippen LogP contribution < -0.4 is 20.1 Å². The van der Waals surface area contributed by atoms with Gasteiger partial charge < -0.3 is 25.0 Å². The van der Waals surface area contributed by atoms with Crippen molar-refractivity contribution in [3.63, 3.8) is 0 Å². The lowest BCUT2D eigenvalue weighted by molar-refractivity contribution is -0.127. The van der Waals surface area contributed by atoms with Crippen LogP contribution in [0.25, 0.3) is 0 Å². The highest BCUT2D eigenvalue weighted by molar-refractivity contribution is 5.97. The first-order valence-corrected chi connectivity index (χ1v) is 9.77. The van der Waals surface area contributed by atoms with Crippen molar-refractivity contribution in [2.45, 2.75) is 33.1 Å². The van der Waals surface area contributed by atoms with E-state index < -0.39 is 0 Å². The number of likely N-dealkylation sites (tertiary alicyclic amines) is 1. The number of hydrogen-bond acceptors (Lipinski definition) is 5. The van der Waals surface area contributed by atoms with E-state index in [4.69, 9.17) is 9.47 Å². The van der Waals surface area contributed by atoms with Crippen LogP contribution in [0.5, 0.6) is 11.5 Å². The molecule has 28 heavy (non-hydrogen) atoms. The number of carbonyl (C=O) groups is 3.